The lowest BCUT2D eigenvalue weighted by atomic mass is 10.00. The van der Waals surface area contributed by atoms with E-state index in [0.717, 1.165) is 0 Å². The minimum atomic E-state index is -1.36. The Balaban J connectivity index is 1.83. The third-order valence-corrected chi connectivity index (χ3v) is 5.28. The first kappa shape index (κ1) is 24.0. The fraction of sp³-hybridized carbons (Fsp3) is 0.231. The fourth-order valence-electron chi connectivity index (χ4n) is 3.81. The number of nitrogens with zero attached hydrogens (tertiary/aromatic N) is 4. The highest BCUT2D eigenvalue weighted by Gasteiger charge is 2.36. The summed E-state index contributed by atoms with van der Waals surface area (Å²) in [5.74, 6) is -2.29. The molecule has 0 saturated heterocycles. The Bertz CT molecular complexity index is 1360. The maximum absolute atomic E-state index is 15.0. The molecule has 0 radical (unpaired) electrons. The molecule has 4 aromatic rings. The van der Waals surface area contributed by atoms with Gasteiger partial charge >= 0.3 is 0 Å². The lowest BCUT2D eigenvalue weighted by molar-refractivity contribution is -0.128. The zero-order valence-electron chi connectivity index (χ0n) is 19.6. The first-order valence-corrected chi connectivity index (χ1v) is 11.1. The van der Waals surface area contributed by atoms with Crippen molar-refractivity contribution in [3.63, 3.8) is 0 Å². The van der Waals surface area contributed by atoms with Crippen LogP contribution < -0.4 is 10.2 Å². The summed E-state index contributed by atoms with van der Waals surface area (Å²) in [6.07, 6.45) is 0. The lowest BCUT2D eigenvalue weighted by Crippen LogP contribution is -2.50. The standard InChI is InChI=1S/C26H25F2N5O2/c1-26(2,3)29-25(35)24(19-8-4-5-9-20(19)28)33(18-14-12-17(27)13-15-18)23(34)16-32-22-11-7-6-10-21(22)30-31-32/h4-15,24H,16H2,1-3H3,(H,29,35)/t24-/m0/s1. The first-order chi connectivity index (χ1) is 16.6. The van der Waals surface area contributed by atoms with Crippen molar-refractivity contribution in [3.05, 3.63) is 90.0 Å². The Kier molecular flexibility index (Phi) is 6.59. The maximum Gasteiger partial charge on any atom is 0.249 e. The van der Waals surface area contributed by atoms with Crippen LogP contribution in [0.5, 0.6) is 0 Å². The van der Waals surface area contributed by atoms with Crippen LogP contribution in [0.4, 0.5) is 14.5 Å². The molecule has 0 unspecified atom stereocenters. The molecular formula is C26H25F2N5O2. The minimum absolute atomic E-state index is 0.00960. The van der Waals surface area contributed by atoms with Gasteiger partial charge in [0.2, 0.25) is 11.8 Å². The topological polar surface area (TPSA) is 80.1 Å². The molecule has 1 N–H and O–H groups in total. The Morgan fingerprint density at radius 2 is 1.63 bits per heavy atom. The number of hydrogen-bond donors (Lipinski definition) is 1. The largest absolute Gasteiger partial charge is 0.349 e. The summed E-state index contributed by atoms with van der Waals surface area (Å²) in [5, 5.41) is 11.0. The number of amides is 2. The highest BCUT2D eigenvalue weighted by molar-refractivity contribution is 6.01. The van der Waals surface area contributed by atoms with Gasteiger partial charge in [-0.2, -0.15) is 0 Å². The predicted octanol–water partition coefficient (Wildman–Crippen LogP) is 4.40. The van der Waals surface area contributed by atoms with Crippen LogP contribution in [0.15, 0.2) is 72.8 Å². The molecule has 0 bridgehead atoms. The molecule has 1 heterocycles. The third kappa shape index (κ3) is 5.34. The van der Waals surface area contributed by atoms with Gasteiger partial charge in [-0.1, -0.05) is 35.5 Å². The van der Waals surface area contributed by atoms with Crippen LogP contribution in [0.1, 0.15) is 32.4 Å². The molecule has 7 nitrogen and oxygen atoms in total. The average Bonchev–Trinajstić information content (AvgIpc) is 3.20. The van der Waals surface area contributed by atoms with E-state index in [0.29, 0.717) is 11.0 Å². The number of carbonyl (C=O) groups excluding carboxylic acids is 2. The smallest absolute Gasteiger partial charge is 0.249 e. The van der Waals surface area contributed by atoms with Crippen molar-refractivity contribution in [2.24, 2.45) is 0 Å². The van der Waals surface area contributed by atoms with Gasteiger partial charge in [0.1, 0.15) is 29.7 Å². The normalized spacial score (nSPS) is 12.4. The molecule has 0 aliphatic heterocycles. The minimum Gasteiger partial charge on any atom is -0.349 e. The second kappa shape index (κ2) is 9.61. The van der Waals surface area contributed by atoms with E-state index in [-0.39, 0.29) is 17.8 Å². The summed E-state index contributed by atoms with van der Waals surface area (Å²) in [4.78, 5) is 28.5. The second-order valence-corrected chi connectivity index (χ2v) is 9.14. The van der Waals surface area contributed by atoms with Crippen molar-refractivity contribution < 1.29 is 18.4 Å². The van der Waals surface area contributed by atoms with Gasteiger partial charge in [-0.15, -0.1) is 5.10 Å². The maximum atomic E-state index is 15.0. The van der Waals surface area contributed by atoms with E-state index >= 15 is 4.39 Å². The molecule has 2 amide bonds. The SMILES string of the molecule is CC(C)(C)NC(=O)[C@H](c1ccccc1F)N(C(=O)Cn1nnc2ccccc21)c1ccc(F)cc1. The van der Waals surface area contributed by atoms with Gasteiger partial charge in [0.25, 0.3) is 0 Å². The number of halogens is 2. The van der Waals surface area contributed by atoms with E-state index in [2.05, 4.69) is 15.6 Å². The number of carbonyl (C=O) groups is 2. The van der Waals surface area contributed by atoms with E-state index < -0.39 is 35.0 Å². The van der Waals surface area contributed by atoms with Gasteiger partial charge in [-0.3, -0.25) is 14.5 Å². The summed E-state index contributed by atoms with van der Waals surface area (Å²) in [6.45, 7) is 5.09. The summed E-state index contributed by atoms with van der Waals surface area (Å²) in [5.41, 5.74) is 0.819. The van der Waals surface area contributed by atoms with E-state index in [1.807, 2.05) is 0 Å². The van der Waals surface area contributed by atoms with Gasteiger partial charge in [0, 0.05) is 16.8 Å². The molecule has 1 aromatic heterocycles. The molecule has 1 atom stereocenters. The van der Waals surface area contributed by atoms with Crippen LogP contribution in [-0.4, -0.2) is 32.3 Å². The second-order valence-electron chi connectivity index (χ2n) is 9.14. The van der Waals surface area contributed by atoms with Crippen LogP contribution in [-0.2, 0) is 16.1 Å². The highest BCUT2D eigenvalue weighted by atomic mass is 19.1. The van der Waals surface area contributed by atoms with Crippen LogP contribution >= 0.6 is 0 Å². The Labute approximate surface area is 201 Å². The van der Waals surface area contributed by atoms with Gasteiger partial charge < -0.3 is 5.32 Å². The molecule has 180 valence electrons. The summed E-state index contributed by atoms with van der Waals surface area (Å²) >= 11 is 0. The molecule has 0 saturated carbocycles. The van der Waals surface area contributed by atoms with Crippen LogP contribution in [0.2, 0.25) is 0 Å². The van der Waals surface area contributed by atoms with Crippen LogP contribution in [0.25, 0.3) is 11.0 Å². The van der Waals surface area contributed by atoms with E-state index in [4.69, 9.17) is 0 Å². The Morgan fingerprint density at radius 3 is 2.31 bits per heavy atom. The molecule has 0 aliphatic rings. The van der Waals surface area contributed by atoms with Gasteiger partial charge in [-0.25, -0.2) is 13.5 Å². The van der Waals surface area contributed by atoms with E-state index in [1.165, 1.54) is 52.0 Å². The number of anilines is 1. The molecule has 9 heteroatoms. The third-order valence-electron chi connectivity index (χ3n) is 5.28. The summed E-state index contributed by atoms with van der Waals surface area (Å²) < 4.78 is 30.2. The molecule has 0 aliphatic carbocycles. The lowest BCUT2D eigenvalue weighted by Gasteiger charge is -2.34. The summed E-state index contributed by atoms with van der Waals surface area (Å²) in [7, 11) is 0. The quantitative estimate of drug-likeness (QED) is 0.447. The van der Waals surface area contributed by atoms with Crippen molar-refractivity contribution in [1.82, 2.24) is 20.3 Å². The van der Waals surface area contributed by atoms with Crippen molar-refractivity contribution >= 4 is 28.5 Å². The van der Waals surface area contributed by atoms with Crippen molar-refractivity contribution in [3.8, 4) is 0 Å². The van der Waals surface area contributed by atoms with Crippen molar-refractivity contribution in [1.29, 1.82) is 0 Å². The first-order valence-electron chi connectivity index (χ1n) is 11.1. The Morgan fingerprint density at radius 1 is 0.971 bits per heavy atom. The zero-order valence-corrected chi connectivity index (χ0v) is 19.6. The highest BCUT2D eigenvalue weighted by Crippen LogP contribution is 2.31. The zero-order chi connectivity index (χ0) is 25.2. The predicted molar refractivity (Wildman–Crippen MR) is 128 cm³/mol. The monoisotopic (exact) mass is 477 g/mol. The molecule has 4 rings (SSSR count). The number of rotatable bonds is 6. The number of hydrogen-bond acceptors (Lipinski definition) is 4. The van der Waals surface area contributed by atoms with E-state index in [1.54, 1.807) is 51.1 Å². The number of benzene rings is 3. The molecule has 35 heavy (non-hydrogen) atoms. The number of nitrogens with one attached hydrogen (secondary N) is 1. The van der Waals surface area contributed by atoms with Gasteiger partial charge in [0.05, 0.1) is 5.52 Å². The van der Waals surface area contributed by atoms with Crippen molar-refractivity contribution in [2.45, 2.75) is 38.9 Å². The number of para-hydroxylation sites is 1. The van der Waals surface area contributed by atoms with Crippen molar-refractivity contribution in [2.75, 3.05) is 4.90 Å². The van der Waals surface area contributed by atoms with Crippen LogP contribution in [0, 0.1) is 11.6 Å². The number of aromatic nitrogens is 3. The number of fused-ring (bicyclic) bond motifs is 1. The van der Waals surface area contributed by atoms with Crippen LogP contribution in [0.3, 0.4) is 0 Å². The molecular weight excluding hydrogens is 452 g/mol. The molecule has 0 fully saturated rings. The molecule has 3 aromatic carbocycles. The Hall–Kier alpha value is -4.14. The van der Waals surface area contributed by atoms with Gasteiger partial charge in [0.15, 0.2) is 0 Å². The summed E-state index contributed by atoms with van der Waals surface area (Å²) in [6, 6.07) is 16.7. The molecule has 0 spiro atoms. The van der Waals surface area contributed by atoms with Gasteiger partial charge in [-0.05, 0) is 63.2 Å². The average molecular weight is 478 g/mol. The van der Waals surface area contributed by atoms with E-state index in [9.17, 15) is 14.0 Å². The fourth-order valence-corrected chi connectivity index (χ4v) is 3.81.